The van der Waals surface area contributed by atoms with E-state index in [0.29, 0.717) is 23.0 Å². The summed E-state index contributed by atoms with van der Waals surface area (Å²) in [5, 5.41) is 12.6. The summed E-state index contributed by atoms with van der Waals surface area (Å²) in [5.41, 5.74) is 0.512. The van der Waals surface area contributed by atoms with Gasteiger partial charge in [0.15, 0.2) is 0 Å². The van der Waals surface area contributed by atoms with Gasteiger partial charge in [0.05, 0.1) is 0 Å². The zero-order chi connectivity index (χ0) is 13.4. The molecule has 0 radical (unpaired) electrons. The van der Waals surface area contributed by atoms with Crippen LogP contribution in [-0.4, -0.2) is 18.3 Å². The number of nitrogens with one attached hydrogen (secondary N) is 1. The third kappa shape index (κ3) is 4.92. The molecule has 2 nitrogen and oxygen atoms in total. The molecule has 0 fully saturated rings. The van der Waals surface area contributed by atoms with Crippen LogP contribution >= 0.6 is 11.6 Å². The van der Waals surface area contributed by atoms with E-state index in [9.17, 15) is 4.39 Å². The van der Waals surface area contributed by atoms with E-state index in [-0.39, 0.29) is 12.4 Å². The molecule has 0 saturated heterocycles. The molecule has 0 aliphatic heterocycles. The van der Waals surface area contributed by atoms with Gasteiger partial charge in [0.1, 0.15) is 5.82 Å². The van der Waals surface area contributed by atoms with Crippen molar-refractivity contribution in [2.45, 2.75) is 32.7 Å². The number of hydrogen-bond acceptors (Lipinski definition) is 2. The fourth-order valence-corrected chi connectivity index (χ4v) is 2.27. The molecule has 1 aromatic rings. The summed E-state index contributed by atoms with van der Waals surface area (Å²) in [5.74, 6) is 0.162. The highest BCUT2D eigenvalue weighted by atomic mass is 35.5. The SMILES string of the molecule is CCCC(CCO)CNCc1c(F)cccc1Cl. The average Bonchev–Trinajstić information content (AvgIpc) is 2.33. The molecule has 18 heavy (non-hydrogen) atoms. The van der Waals surface area contributed by atoms with Crippen LogP contribution in [0.3, 0.4) is 0 Å². The topological polar surface area (TPSA) is 32.3 Å². The Morgan fingerprint density at radius 2 is 2.17 bits per heavy atom. The quantitative estimate of drug-likeness (QED) is 0.761. The van der Waals surface area contributed by atoms with Gasteiger partial charge in [0.2, 0.25) is 0 Å². The predicted molar refractivity (Wildman–Crippen MR) is 73.2 cm³/mol. The first-order valence-corrected chi connectivity index (χ1v) is 6.81. The first-order chi connectivity index (χ1) is 8.69. The fourth-order valence-electron chi connectivity index (χ4n) is 2.04. The van der Waals surface area contributed by atoms with Crippen LogP contribution in [0.5, 0.6) is 0 Å². The van der Waals surface area contributed by atoms with Gasteiger partial charge in [-0.1, -0.05) is 31.0 Å². The fraction of sp³-hybridized carbons (Fsp3) is 0.571. The molecule has 0 amide bonds. The van der Waals surface area contributed by atoms with Crippen LogP contribution in [0.15, 0.2) is 18.2 Å². The van der Waals surface area contributed by atoms with Gasteiger partial charge in [-0.15, -0.1) is 0 Å². The van der Waals surface area contributed by atoms with E-state index >= 15 is 0 Å². The largest absolute Gasteiger partial charge is 0.396 e. The summed E-state index contributed by atoms with van der Waals surface area (Å²) >= 11 is 5.95. The summed E-state index contributed by atoms with van der Waals surface area (Å²) in [4.78, 5) is 0. The maximum absolute atomic E-state index is 13.5. The van der Waals surface area contributed by atoms with E-state index < -0.39 is 0 Å². The zero-order valence-electron chi connectivity index (χ0n) is 10.8. The van der Waals surface area contributed by atoms with E-state index in [4.69, 9.17) is 16.7 Å². The van der Waals surface area contributed by atoms with Gasteiger partial charge in [-0.2, -0.15) is 0 Å². The van der Waals surface area contributed by atoms with Crippen molar-refractivity contribution in [3.8, 4) is 0 Å². The second-order valence-electron chi connectivity index (χ2n) is 4.50. The highest BCUT2D eigenvalue weighted by Crippen LogP contribution is 2.19. The van der Waals surface area contributed by atoms with Gasteiger partial charge in [-0.05, 0) is 37.4 Å². The van der Waals surface area contributed by atoms with Gasteiger partial charge < -0.3 is 10.4 Å². The Hall–Kier alpha value is -0.640. The Morgan fingerprint density at radius 3 is 2.78 bits per heavy atom. The number of rotatable bonds is 8. The van der Waals surface area contributed by atoms with Crippen molar-refractivity contribution in [3.63, 3.8) is 0 Å². The molecule has 1 aromatic carbocycles. The molecule has 0 spiro atoms. The van der Waals surface area contributed by atoms with Crippen molar-refractivity contribution >= 4 is 11.6 Å². The number of aliphatic hydroxyl groups is 1. The first-order valence-electron chi connectivity index (χ1n) is 6.43. The van der Waals surface area contributed by atoms with Gasteiger partial charge in [0, 0.05) is 23.7 Å². The van der Waals surface area contributed by atoms with E-state index in [0.717, 1.165) is 25.8 Å². The molecule has 0 aliphatic rings. The molecule has 0 heterocycles. The lowest BCUT2D eigenvalue weighted by atomic mass is 10.0. The predicted octanol–water partition coefficient (Wildman–Crippen LogP) is 3.37. The first kappa shape index (κ1) is 15.4. The lowest BCUT2D eigenvalue weighted by Crippen LogP contribution is -2.24. The Balaban J connectivity index is 2.44. The Labute approximate surface area is 113 Å². The Bertz CT molecular complexity index is 333. The van der Waals surface area contributed by atoms with E-state index in [2.05, 4.69) is 12.2 Å². The molecule has 0 aliphatic carbocycles. The molecule has 1 atom stereocenters. The van der Waals surface area contributed by atoms with E-state index in [1.165, 1.54) is 6.07 Å². The zero-order valence-corrected chi connectivity index (χ0v) is 11.5. The summed E-state index contributed by atoms with van der Waals surface area (Å²) in [6, 6.07) is 4.71. The maximum atomic E-state index is 13.5. The van der Waals surface area contributed by atoms with Gasteiger partial charge >= 0.3 is 0 Å². The lowest BCUT2D eigenvalue weighted by Gasteiger charge is -2.16. The van der Waals surface area contributed by atoms with Crippen molar-refractivity contribution < 1.29 is 9.50 Å². The number of benzene rings is 1. The molecule has 1 unspecified atom stereocenters. The van der Waals surface area contributed by atoms with Crippen molar-refractivity contribution in [3.05, 3.63) is 34.6 Å². The van der Waals surface area contributed by atoms with Crippen LogP contribution < -0.4 is 5.32 Å². The third-order valence-electron chi connectivity index (χ3n) is 3.03. The van der Waals surface area contributed by atoms with Crippen LogP contribution in [-0.2, 0) is 6.54 Å². The van der Waals surface area contributed by atoms with E-state index in [1.807, 2.05) is 0 Å². The van der Waals surface area contributed by atoms with Crippen LogP contribution in [0, 0.1) is 11.7 Å². The second-order valence-corrected chi connectivity index (χ2v) is 4.91. The molecule has 1 rings (SSSR count). The average molecular weight is 274 g/mol. The minimum atomic E-state index is -0.274. The molecule has 102 valence electrons. The normalized spacial score (nSPS) is 12.7. The molecular weight excluding hydrogens is 253 g/mol. The van der Waals surface area contributed by atoms with E-state index in [1.54, 1.807) is 12.1 Å². The molecule has 0 bridgehead atoms. The monoisotopic (exact) mass is 273 g/mol. The highest BCUT2D eigenvalue weighted by molar-refractivity contribution is 6.31. The van der Waals surface area contributed by atoms with Crippen molar-refractivity contribution in [1.82, 2.24) is 5.32 Å². The van der Waals surface area contributed by atoms with Crippen LogP contribution in [0.25, 0.3) is 0 Å². The molecular formula is C14H21ClFNO. The van der Waals surface area contributed by atoms with Crippen molar-refractivity contribution in [2.24, 2.45) is 5.92 Å². The van der Waals surface area contributed by atoms with Gasteiger partial charge in [0.25, 0.3) is 0 Å². The van der Waals surface area contributed by atoms with Crippen LogP contribution in [0.1, 0.15) is 31.7 Å². The molecule has 0 saturated carbocycles. The molecule has 0 aromatic heterocycles. The second kappa shape index (κ2) is 8.46. The molecule has 4 heteroatoms. The molecule has 2 N–H and O–H groups in total. The van der Waals surface area contributed by atoms with Gasteiger partial charge in [-0.25, -0.2) is 4.39 Å². The summed E-state index contributed by atoms with van der Waals surface area (Å²) in [7, 11) is 0. The van der Waals surface area contributed by atoms with Crippen molar-refractivity contribution in [1.29, 1.82) is 0 Å². The summed E-state index contributed by atoms with van der Waals surface area (Å²) in [6.45, 7) is 3.53. The van der Waals surface area contributed by atoms with Crippen LogP contribution in [0.2, 0.25) is 5.02 Å². The van der Waals surface area contributed by atoms with Crippen LogP contribution in [0.4, 0.5) is 4.39 Å². The lowest BCUT2D eigenvalue weighted by molar-refractivity contribution is 0.248. The standard InChI is InChI=1S/C14H21ClFNO/c1-2-4-11(7-8-18)9-17-10-12-13(15)5-3-6-14(12)16/h3,5-6,11,17-18H,2,4,7-10H2,1H3. The maximum Gasteiger partial charge on any atom is 0.129 e. The highest BCUT2D eigenvalue weighted by Gasteiger charge is 2.09. The smallest absolute Gasteiger partial charge is 0.129 e. The minimum absolute atomic E-state index is 0.201. The van der Waals surface area contributed by atoms with Gasteiger partial charge in [-0.3, -0.25) is 0 Å². The number of hydrogen-bond donors (Lipinski definition) is 2. The number of aliphatic hydroxyl groups excluding tert-OH is 1. The van der Waals surface area contributed by atoms with Crippen molar-refractivity contribution in [2.75, 3.05) is 13.2 Å². The summed E-state index contributed by atoms with van der Waals surface area (Å²) < 4.78 is 13.5. The minimum Gasteiger partial charge on any atom is -0.396 e. The number of halogens is 2. The third-order valence-corrected chi connectivity index (χ3v) is 3.38. The Kier molecular flexibility index (Phi) is 7.25. The summed E-state index contributed by atoms with van der Waals surface area (Å²) in [6.07, 6.45) is 2.94. The Morgan fingerprint density at radius 1 is 1.39 bits per heavy atom.